The second-order valence-electron chi connectivity index (χ2n) is 5.07. The number of halogens is 1. The van der Waals surface area contributed by atoms with Crippen molar-refractivity contribution in [3.8, 4) is 11.3 Å². The summed E-state index contributed by atoms with van der Waals surface area (Å²) in [7, 11) is 0. The van der Waals surface area contributed by atoms with E-state index in [1.807, 2.05) is 24.3 Å². The van der Waals surface area contributed by atoms with Gasteiger partial charge in [0.2, 0.25) is 5.91 Å². The normalized spacial score (nSPS) is 12.3. The highest BCUT2D eigenvalue weighted by Crippen LogP contribution is 2.33. The maximum Gasteiger partial charge on any atom is 0.230 e. The molecule has 0 aliphatic rings. The molecule has 0 saturated heterocycles. The Balaban J connectivity index is 2.12. The molecule has 3 aromatic rings. The third kappa shape index (κ3) is 3.17. The zero-order valence-electron chi connectivity index (χ0n) is 12.4. The minimum absolute atomic E-state index is 0.298. The molecule has 1 amide bonds. The van der Waals surface area contributed by atoms with Crippen LogP contribution in [0.1, 0.15) is 6.92 Å². The lowest BCUT2D eigenvalue weighted by Crippen LogP contribution is -2.22. The fourth-order valence-electron chi connectivity index (χ4n) is 2.21. The average Bonchev–Trinajstić information content (AvgIpc) is 2.56. The number of hydrogen-bond donors (Lipinski definition) is 1. The quantitative estimate of drug-likeness (QED) is 0.746. The van der Waals surface area contributed by atoms with Crippen molar-refractivity contribution < 1.29 is 9.18 Å². The van der Waals surface area contributed by atoms with Crippen molar-refractivity contribution in [2.45, 2.75) is 17.2 Å². The van der Waals surface area contributed by atoms with Crippen LogP contribution in [0.5, 0.6) is 0 Å². The van der Waals surface area contributed by atoms with Gasteiger partial charge in [-0.15, -0.1) is 10.2 Å². The lowest BCUT2D eigenvalue weighted by atomic mass is 10.1. The van der Waals surface area contributed by atoms with Gasteiger partial charge in [0.05, 0.1) is 5.25 Å². The van der Waals surface area contributed by atoms with Gasteiger partial charge in [0.25, 0.3) is 0 Å². The van der Waals surface area contributed by atoms with E-state index < -0.39 is 11.2 Å². The molecule has 0 unspecified atom stereocenters. The van der Waals surface area contributed by atoms with Crippen LogP contribution in [0.25, 0.3) is 22.0 Å². The van der Waals surface area contributed by atoms with Gasteiger partial charge in [0.15, 0.2) is 0 Å². The van der Waals surface area contributed by atoms with Crippen molar-refractivity contribution in [3.63, 3.8) is 0 Å². The average molecular weight is 327 g/mol. The minimum atomic E-state index is -0.400. The van der Waals surface area contributed by atoms with Crippen molar-refractivity contribution in [2.75, 3.05) is 0 Å². The first-order chi connectivity index (χ1) is 11.1. The first-order valence-electron chi connectivity index (χ1n) is 7.03. The minimum Gasteiger partial charge on any atom is -0.369 e. The summed E-state index contributed by atoms with van der Waals surface area (Å²) in [6, 6.07) is 13.8. The van der Waals surface area contributed by atoms with Crippen LogP contribution in [0.15, 0.2) is 53.6 Å². The smallest absolute Gasteiger partial charge is 0.230 e. The third-order valence-corrected chi connectivity index (χ3v) is 4.57. The Morgan fingerprint density at radius 2 is 1.74 bits per heavy atom. The fourth-order valence-corrected chi connectivity index (χ4v) is 3.06. The molecule has 0 radical (unpaired) electrons. The molecule has 0 bridgehead atoms. The molecule has 0 saturated carbocycles. The topological polar surface area (TPSA) is 68.9 Å². The SMILES string of the molecule is C[C@H](Sc1nnc(-c2ccc(F)cc2)c2ccccc12)C(N)=O. The first kappa shape index (κ1) is 15.4. The van der Waals surface area contributed by atoms with Crippen molar-refractivity contribution in [2.24, 2.45) is 5.73 Å². The molecule has 1 atom stereocenters. The van der Waals surface area contributed by atoms with Crippen LogP contribution >= 0.6 is 11.8 Å². The maximum atomic E-state index is 13.1. The Hall–Kier alpha value is -2.47. The largest absolute Gasteiger partial charge is 0.369 e. The van der Waals surface area contributed by atoms with Gasteiger partial charge in [-0.1, -0.05) is 36.0 Å². The van der Waals surface area contributed by atoms with Gasteiger partial charge < -0.3 is 5.73 Å². The summed E-state index contributed by atoms with van der Waals surface area (Å²) >= 11 is 1.28. The first-order valence-corrected chi connectivity index (χ1v) is 7.91. The van der Waals surface area contributed by atoms with Gasteiger partial charge in [-0.3, -0.25) is 4.79 Å². The number of primary amides is 1. The lowest BCUT2D eigenvalue weighted by Gasteiger charge is -2.11. The molecular weight excluding hydrogens is 313 g/mol. The molecule has 2 N–H and O–H groups in total. The van der Waals surface area contributed by atoms with E-state index >= 15 is 0 Å². The molecule has 0 aliphatic carbocycles. The van der Waals surface area contributed by atoms with Gasteiger partial charge in [-0.25, -0.2) is 4.39 Å². The predicted octanol–water partition coefficient (Wildman–Crippen LogP) is 3.40. The van der Waals surface area contributed by atoms with E-state index in [1.165, 1.54) is 23.9 Å². The number of fused-ring (bicyclic) bond motifs is 1. The fraction of sp³-hybridized carbons (Fsp3) is 0.118. The molecule has 1 heterocycles. The molecule has 3 rings (SSSR count). The molecule has 23 heavy (non-hydrogen) atoms. The summed E-state index contributed by atoms with van der Waals surface area (Å²) in [5.74, 6) is -0.697. The highest BCUT2D eigenvalue weighted by Gasteiger charge is 2.16. The Morgan fingerprint density at radius 3 is 2.39 bits per heavy atom. The second kappa shape index (κ2) is 6.34. The lowest BCUT2D eigenvalue weighted by molar-refractivity contribution is -0.117. The molecule has 0 aliphatic heterocycles. The number of amides is 1. The predicted molar refractivity (Wildman–Crippen MR) is 89.4 cm³/mol. The van der Waals surface area contributed by atoms with Crippen LogP contribution in [0.2, 0.25) is 0 Å². The standard InChI is InChI=1S/C17H14FN3OS/c1-10(16(19)22)23-17-14-5-3-2-4-13(14)15(20-21-17)11-6-8-12(18)9-7-11/h2-10H,1H3,(H2,19,22)/t10-/m0/s1. The number of nitrogens with zero attached hydrogens (tertiary/aromatic N) is 2. The van der Waals surface area contributed by atoms with E-state index in [1.54, 1.807) is 19.1 Å². The van der Waals surface area contributed by atoms with Gasteiger partial charge in [0, 0.05) is 16.3 Å². The van der Waals surface area contributed by atoms with Crippen molar-refractivity contribution >= 4 is 28.4 Å². The van der Waals surface area contributed by atoms with Gasteiger partial charge in [0.1, 0.15) is 16.5 Å². The Labute approximate surface area is 136 Å². The number of hydrogen-bond acceptors (Lipinski definition) is 4. The van der Waals surface area contributed by atoms with Crippen molar-refractivity contribution in [3.05, 3.63) is 54.3 Å². The van der Waals surface area contributed by atoms with E-state index in [0.29, 0.717) is 10.7 Å². The number of thioether (sulfide) groups is 1. The number of carbonyl (C=O) groups is 1. The molecule has 2 aromatic carbocycles. The third-order valence-electron chi connectivity index (χ3n) is 3.46. The van der Waals surface area contributed by atoms with E-state index in [0.717, 1.165) is 16.3 Å². The molecule has 1 aromatic heterocycles. The zero-order chi connectivity index (χ0) is 16.4. The van der Waals surface area contributed by atoms with Crippen LogP contribution in [-0.2, 0) is 4.79 Å². The van der Waals surface area contributed by atoms with E-state index in [-0.39, 0.29) is 5.82 Å². The maximum absolute atomic E-state index is 13.1. The summed E-state index contributed by atoms with van der Waals surface area (Å²) in [4.78, 5) is 11.3. The Kier molecular flexibility index (Phi) is 4.25. The number of rotatable bonds is 4. The van der Waals surface area contributed by atoms with E-state index in [9.17, 15) is 9.18 Å². The number of carbonyl (C=O) groups excluding carboxylic acids is 1. The van der Waals surface area contributed by atoms with Gasteiger partial charge >= 0.3 is 0 Å². The molecular formula is C17H14FN3OS. The number of nitrogens with two attached hydrogens (primary N) is 1. The molecule has 0 spiro atoms. The summed E-state index contributed by atoms with van der Waals surface area (Å²) in [6.45, 7) is 1.73. The van der Waals surface area contributed by atoms with Crippen molar-refractivity contribution in [1.29, 1.82) is 0 Å². The highest BCUT2D eigenvalue weighted by molar-refractivity contribution is 8.00. The molecule has 116 valence electrons. The Morgan fingerprint density at radius 1 is 1.09 bits per heavy atom. The zero-order valence-corrected chi connectivity index (χ0v) is 13.2. The summed E-state index contributed by atoms with van der Waals surface area (Å²) in [5, 5.41) is 10.6. The molecule has 6 heteroatoms. The monoisotopic (exact) mass is 327 g/mol. The summed E-state index contributed by atoms with van der Waals surface area (Å²) in [6.07, 6.45) is 0. The van der Waals surface area contributed by atoms with Gasteiger partial charge in [-0.05, 0) is 31.2 Å². The van der Waals surface area contributed by atoms with E-state index in [4.69, 9.17) is 5.73 Å². The second-order valence-corrected chi connectivity index (χ2v) is 6.40. The number of aromatic nitrogens is 2. The van der Waals surface area contributed by atoms with Crippen LogP contribution < -0.4 is 5.73 Å². The van der Waals surface area contributed by atoms with E-state index in [2.05, 4.69) is 10.2 Å². The summed E-state index contributed by atoms with van der Waals surface area (Å²) < 4.78 is 13.1. The molecule has 0 fully saturated rings. The highest BCUT2D eigenvalue weighted by atomic mass is 32.2. The number of benzene rings is 2. The van der Waals surface area contributed by atoms with Crippen LogP contribution in [0.4, 0.5) is 4.39 Å². The van der Waals surface area contributed by atoms with Crippen LogP contribution in [-0.4, -0.2) is 21.4 Å². The van der Waals surface area contributed by atoms with Gasteiger partial charge in [-0.2, -0.15) is 0 Å². The summed E-state index contributed by atoms with van der Waals surface area (Å²) in [5.41, 5.74) is 6.78. The van der Waals surface area contributed by atoms with Crippen LogP contribution in [0, 0.1) is 5.82 Å². The van der Waals surface area contributed by atoms with Crippen LogP contribution in [0.3, 0.4) is 0 Å². The molecule has 4 nitrogen and oxygen atoms in total. The van der Waals surface area contributed by atoms with Crippen molar-refractivity contribution in [1.82, 2.24) is 10.2 Å². The Bertz CT molecular complexity index is 867.